The standard InChI is InChI=1S/C42H49NO6S/c43-24-13-4-14-25-44-30-37-39(46-27-32-15-5-1-6-16-32)40(47-28-33-17-7-2-8-18-33)41(48-29-34-19-9-3-10-20-34)42(49-37)45-26-23-35-31-50-38-22-12-11-21-36(35)38/h1-3,5-12,15-22,31,37,39-42H,4,13-14,23-30,43H2/t37-,39-,40+,41-,42-/m1/s1. The molecule has 5 atom stereocenters. The van der Waals surface area contributed by atoms with E-state index in [-0.39, 0.29) is 0 Å². The van der Waals surface area contributed by atoms with Gasteiger partial charge in [-0.25, -0.2) is 0 Å². The van der Waals surface area contributed by atoms with E-state index < -0.39 is 30.7 Å². The fourth-order valence-corrected chi connectivity index (χ4v) is 7.25. The molecule has 0 saturated carbocycles. The molecule has 50 heavy (non-hydrogen) atoms. The van der Waals surface area contributed by atoms with Crippen LogP contribution in [0.4, 0.5) is 0 Å². The minimum atomic E-state index is -0.702. The van der Waals surface area contributed by atoms with Crippen molar-refractivity contribution >= 4 is 21.4 Å². The second-order valence-electron chi connectivity index (χ2n) is 12.6. The van der Waals surface area contributed by atoms with Gasteiger partial charge < -0.3 is 34.2 Å². The van der Waals surface area contributed by atoms with Crippen LogP contribution < -0.4 is 5.73 Å². The van der Waals surface area contributed by atoms with Crippen molar-refractivity contribution in [3.63, 3.8) is 0 Å². The molecule has 5 aromatic rings. The molecule has 0 aliphatic carbocycles. The minimum absolute atomic E-state index is 0.341. The lowest BCUT2D eigenvalue weighted by Crippen LogP contribution is -2.61. The van der Waals surface area contributed by atoms with E-state index in [0.29, 0.717) is 46.2 Å². The van der Waals surface area contributed by atoms with Gasteiger partial charge in [-0.2, -0.15) is 0 Å². The van der Waals surface area contributed by atoms with Crippen molar-refractivity contribution in [2.45, 2.75) is 76.2 Å². The number of thiophene rings is 1. The van der Waals surface area contributed by atoms with Crippen LogP contribution in [-0.2, 0) is 54.7 Å². The largest absolute Gasteiger partial charge is 0.379 e. The van der Waals surface area contributed by atoms with Crippen LogP contribution in [-0.4, -0.2) is 57.1 Å². The number of nitrogens with two attached hydrogens (primary N) is 1. The third-order valence-electron chi connectivity index (χ3n) is 8.94. The number of rotatable bonds is 20. The van der Waals surface area contributed by atoms with Crippen LogP contribution in [0.25, 0.3) is 10.1 Å². The van der Waals surface area contributed by atoms with E-state index in [4.69, 9.17) is 34.2 Å². The Morgan fingerprint density at radius 2 is 1.16 bits per heavy atom. The number of benzene rings is 4. The van der Waals surface area contributed by atoms with Gasteiger partial charge in [-0.05, 0) is 71.3 Å². The lowest BCUT2D eigenvalue weighted by atomic mass is 9.97. The Morgan fingerprint density at radius 3 is 1.80 bits per heavy atom. The maximum atomic E-state index is 6.82. The summed E-state index contributed by atoms with van der Waals surface area (Å²) in [5.74, 6) is 0. The molecule has 8 heteroatoms. The molecule has 7 nitrogen and oxygen atoms in total. The summed E-state index contributed by atoms with van der Waals surface area (Å²) in [6, 6.07) is 39.0. The summed E-state index contributed by atoms with van der Waals surface area (Å²) in [5, 5.41) is 3.49. The molecule has 0 spiro atoms. The Kier molecular flexibility index (Phi) is 14.4. The molecule has 1 fully saturated rings. The predicted octanol–water partition coefficient (Wildman–Crippen LogP) is 8.09. The fraction of sp³-hybridized carbons (Fsp3) is 0.381. The first kappa shape index (κ1) is 36.4. The van der Waals surface area contributed by atoms with Gasteiger partial charge in [0.2, 0.25) is 0 Å². The van der Waals surface area contributed by atoms with Crippen molar-refractivity contribution in [2.24, 2.45) is 5.73 Å². The van der Waals surface area contributed by atoms with Crippen molar-refractivity contribution in [3.8, 4) is 0 Å². The molecule has 1 aliphatic heterocycles. The van der Waals surface area contributed by atoms with Gasteiger partial charge in [-0.15, -0.1) is 11.3 Å². The van der Waals surface area contributed by atoms with Crippen LogP contribution in [0.2, 0.25) is 0 Å². The van der Waals surface area contributed by atoms with Crippen LogP contribution in [0.15, 0.2) is 121 Å². The van der Waals surface area contributed by atoms with E-state index in [0.717, 1.165) is 42.4 Å². The molecule has 0 unspecified atom stereocenters. The highest BCUT2D eigenvalue weighted by Crippen LogP contribution is 2.32. The smallest absolute Gasteiger partial charge is 0.186 e. The van der Waals surface area contributed by atoms with Gasteiger partial charge >= 0.3 is 0 Å². The molecule has 264 valence electrons. The summed E-state index contributed by atoms with van der Waals surface area (Å²) in [4.78, 5) is 0. The topological polar surface area (TPSA) is 81.4 Å². The third kappa shape index (κ3) is 10.5. The zero-order chi connectivity index (χ0) is 34.2. The van der Waals surface area contributed by atoms with E-state index in [1.807, 2.05) is 54.6 Å². The van der Waals surface area contributed by atoms with Crippen LogP contribution in [0.5, 0.6) is 0 Å². The first-order valence-corrected chi connectivity index (χ1v) is 18.6. The lowest BCUT2D eigenvalue weighted by Gasteiger charge is -2.46. The quantitative estimate of drug-likeness (QED) is 0.0825. The SMILES string of the molecule is NCCCCCOC[C@H]1O[C@@H](OCCc2csc3ccccc23)[C@H](OCc2ccccc2)[C@@H](OCc2ccccc2)[C@@H]1OCc1ccccc1. The zero-order valence-electron chi connectivity index (χ0n) is 28.6. The maximum absolute atomic E-state index is 6.82. The predicted molar refractivity (Wildman–Crippen MR) is 199 cm³/mol. The average molecular weight is 696 g/mol. The van der Waals surface area contributed by atoms with Crippen molar-refractivity contribution < 1.29 is 28.4 Å². The van der Waals surface area contributed by atoms with E-state index in [1.54, 1.807) is 11.3 Å². The van der Waals surface area contributed by atoms with Gasteiger partial charge in [0.25, 0.3) is 0 Å². The number of ether oxygens (including phenoxy) is 6. The van der Waals surface area contributed by atoms with Gasteiger partial charge in [-0.1, -0.05) is 109 Å². The van der Waals surface area contributed by atoms with E-state index in [9.17, 15) is 0 Å². The molecule has 2 heterocycles. The normalized spacial score (nSPS) is 20.7. The first-order valence-electron chi connectivity index (χ1n) is 17.7. The Labute approximate surface area is 300 Å². The Bertz CT molecular complexity index is 1650. The number of fused-ring (bicyclic) bond motifs is 1. The van der Waals surface area contributed by atoms with Crippen molar-refractivity contribution in [3.05, 3.63) is 143 Å². The van der Waals surface area contributed by atoms with Gasteiger partial charge in [-0.3, -0.25) is 0 Å². The highest BCUT2D eigenvalue weighted by molar-refractivity contribution is 7.17. The van der Waals surface area contributed by atoms with Crippen LogP contribution in [0.3, 0.4) is 0 Å². The molecule has 2 N–H and O–H groups in total. The van der Waals surface area contributed by atoms with E-state index >= 15 is 0 Å². The molecule has 0 bridgehead atoms. The Balaban J connectivity index is 1.26. The maximum Gasteiger partial charge on any atom is 0.186 e. The lowest BCUT2D eigenvalue weighted by molar-refractivity contribution is -0.328. The van der Waals surface area contributed by atoms with Crippen LogP contribution in [0.1, 0.15) is 41.5 Å². The monoisotopic (exact) mass is 695 g/mol. The summed E-state index contributed by atoms with van der Waals surface area (Å²) >= 11 is 1.76. The second-order valence-corrected chi connectivity index (χ2v) is 13.5. The summed E-state index contributed by atoms with van der Waals surface area (Å²) < 4.78 is 41.3. The molecule has 0 amide bonds. The second kappa shape index (κ2) is 19.8. The zero-order valence-corrected chi connectivity index (χ0v) is 29.5. The molecule has 6 rings (SSSR count). The highest BCUT2D eigenvalue weighted by atomic mass is 32.1. The number of hydrogen-bond donors (Lipinski definition) is 1. The Hall–Kier alpha value is -3.44. The summed E-state index contributed by atoms with van der Waals surface area (Å²) in [7, 11) is 0. The molecule has 1 aliphatic rings. The highest BCUT2D eigenvalue weighted by Gasteiger charge is 2.49. The van der Waals surface area contributed by atoms with Crippen molar-refractivity contribution in [2.75, 3.05) is 26.4 Å². The van der Waals surface area contributed by atoms with Crippen LogP contribution in [0, 0.1) is 0 Å². The molecule has 1 aromatic heterocycles. The minimum Gasteiger partial charge on any atom is -0.379 e. The fourth-order valence-electron chi connectivity index (χ4n) is 6.25. The Morgan fingerprint density at radius 1 is 0.580 bits per heavy atom. The van der Waals surface area contributed by atoms with Gasteiger partial charge in [0, 0.05) is 11.3 Å². The number of hydrogen-bond acceptors (Lipinski definition) is 8. The van der Waals surface area contributed by atoms with Gasteiger partial charge in [0.1, 0.15) is 24.4 Å². The summed E-state index contributed by atoms with van der Waals surface area (Å²) in [6.07, 6.45) is 0.989. The molecule has 1 saturated heterocycles. The summed E-state index contributed by atoms with van der Waals surface area (Å²) in [6.45, 7) is 3.27. The molecule has 0 radical (unpaired) electrons. The summed E-state index contributed by atoms with van der Waals surface area (Å²) in [5.41, 5.74) is 10.2. The number of unbranched alkanes of at least 4 members (excludes halogenated alkanes) is 2. The van der Waals surface area contributed by atoms with Crippen LogP contribution >= 0.6 is 11.3 Å². The molecular weight excluding hydrogens is 647 g/mol. The first-order chi connectivity index (χ1) is 24.8. The molecular formula is C42H49NO6S. The van der Waals surface area contributed by atoms with E-state index in [2.05, 4.69) is 66.0 Å². The van der Waals surface area contributed by atoms with Crippen molar-refractivity contribution in [1.82, 2.24) is 0 Å². The van der Waals surface area contributed by atoms with Gasteiger partial charge in [0.05, 0.1) is 33.0 Å². The van der Waals surface area contributed by atoms with Crippen molar-refractivity contribution in [1.29, 1.82) is 0 Å². The van der Waals surface area contributed by atoms with E-state index in [1.165, 1.54) is 15.6 Å². The third-order valence-corrected chi connectivity index (χ3v) is 9.95. The average Bonchev–Trinajstić information content (AvgIpc) is 3.58. The van der Waals surface area contributed by atoms with Gasteiger partial charge in [0.15, 0.2) is 6.29 Å². The molecule has 4 aromatic carbocycles.